The van der Waals surface area contributed by atoms with Gasteiger partial charge in [-0.3, -0.25) is 10.1 Å². The second kappa shape index (κ2) is 5.56. The fourth-order valence-corrected chi connectivity index (χ4v) is 3.43. The van der Waals surface area contributed by atoms with Gasteiger partial charge in [-0.15, -0.1) is 10.2 Å². The molecule has 5 heteroatoms. The zero-order chi connectivity index (χ0) is 14.9. The minimum atomic E-state index is -0.356. The van der Waals surface area contributed by atoms with Crippen LogP contribution < -0.4 is 5.32 Å². The van der Waals surface area contributed by atoms with Crippen LogP contribution in [0.4, 0.5) is 5.13 Å². The van der Waals surface area contributed by atoms with Crippen LogP contribution >= 0.6 is 11.3 Å². The number of nitrogens with one attached hydrogen (secondary N) is 1. The highest BCUT2D eigenvalue weighted by molar-refractivity contribution is 7.15. The summed E-state index contributed by atoms with van der Waals surface area (Å²) in [7, 11) is 0. The lowest BCUT2D eigenvalue weighted by Crippen LogP contribution is -2.27. The van der Waals surface area contributed by atoms with E-state index >= 15 is 0 Å². The molecule has 110 valence electrons. The van der Waals surface area contributed by atoms with Gasteiger partial charge in [0, 0.05) is 6.42 Å². The summed E-state index contributed by atoms with van der Waals surface area (Å²) in [4.78, 5) is 12.6. The van der Waals surface area contributed by atoms with Crippen molar-refractivity contribution in [3.05, 3.63) is 40.9 Å². The Balaban J connectivity index is 1.71. The third kappa shape index (κ3) is 2.97. The van der Waals surface area contributed by atoms with Gasteiger partial charge in [0.05, 0.1) is 5.41 Å². The van der Waals surface area contributed by atoms with E-state index in [4.69, 9.17) is 0 Å². The number of rotatable bonds is 5. The van der Waals surface area contributed by atoms with Gasteiger partial charge in [0.15, 0.2) is 0 Å². The van der Waals surface area contributed by atoms with Crippen molar-refractivity contribution in [3.63, 3.8) is 0 Å². The maximum absolute atomic E-state index is 12.6. The monoisotopic (exact) mass is 301 g/mol. The van der Waals surface area contributed by atoms with Gasteiger partial charge < -0.3 is 0 Å². The van der Waals surface area contributed by atoms with Gasteiger partial charge >= 0.3 is 0 Å². The molecule has 0 saturated heterocycles. The number of hydrogen-bond acceptors (Lipinski definition) is 4. The maximum Gasteiger partial charge on any atom is 0.236 e. The zero-order valence-corrected chi connectivity index (χ0v) is 13.1. The van der Waals surface area contributed by atoms with E-state index < -0.39 is 0 Å². The molecule has 1 amide bonds. The zero-order valence-electron chi connectivity index (χ0n) is 12.3. The Kier molecular flexibility index (Phi) is 3.76. The Hall–Kier alpha value is -1.75. The molecule has 1 saturated carbocycles. The first kappa shape index (κ1) is 14.2. The summed E-state index contributed by atoms with van der Waals surface area (Å²) < 4.78 is 0. The summed E-state index contributed by atoms with van der Waals surface area (Å²) in [5.41, 5.74) is 0.736. The molecule has 1 aliphatic rings. The van der Waals surface area contributed by atoms with Gasteiger partial charge in [-0.1, -0.05) is 55.5 Å². The lowest BCUT2D eigenvalue weighted by molar-refractivity contribution is -0.118. The van der Waals surface area contributed by atoms with Crippen molar-refractivity contribution in [2.24, 2.45) is 5.92 Å². The minimum absolute atomic E-state index is 0.0425. The summed E-state index contributed by atoms with van der Waals surface area (Å²) in [5, 5.41) is 12.7. The lowest BCUT2D eigenvalue weighted by Gasteiger charge is -2.14. The van der Waals surface area contributed by atoms with Crippen LogP contribution in [0.15, 0.2) is 30.3 Å². The van der Waals surface area contributed by atoms with Crippen molar-refractivity contribution in [3.8, 4) is 0 Å². The van der Waals surface area contributed by atoms with Crippen LogP contribution in [0.5, 0.6) is 0 Å². The Bertz CT molecular complexity index is 632. The van der Waals surface area contributed by atoms with Crippen molar-refractivity contribution < 1.29 is 4.79 Å². The van der Waals surface area contributed by atoms with Gasteiger partial charge in [0.25, 0.3) is 0 Å². The first-order valence-corrected chi connectivity index (χ1v) is 8.11. The lowest BCUT2D eigenvalue weighted by atomic mass is 9.95. The van der Waals surface area contributed by atoms with Crippen LogP contribution in [0.2, 0.25) is 0 Å². The van der Waals surface area contributed by atoms with Gasteiger partial charge in [0.2, 0.25) is 11.0 Å². The SMILES string of the molecule is CC(C)Cc1nnc(NC(=O)C2(c3ccccc3)CC2)s1. The third-order valence-corrected chi connectivity index (χ3v) is 4.64. The smallest absolute Gasteiger partial charge is 0.236 e. The molecule has 1 aliphatic carbocycles. The molecule has 0 unspecified atom stereocenters. The second-order valence-electron chi connectivity index (χ2n) is 6.00. The average Bonchev–Trinajstić information content (AvgIpc) is 3.17. The number of aromatic nitrogens is 2. The van der Waals surface area contributed by atoms with Gasteiger partial charge in [-0.2, -0.15) is 0 Å². The van der Waals surface area contributed by atoms with E-state index in [1.54, 1.807) is 0 Å². The summed E-state index contributed by atoms with van der Waals surface area (Å²) >= 11 is 1.47. The molecule has 1 heterocycles. The van der Waals surface area contributed by atoms with Crippen LogP contribution in [-0.2, 0) is 16.6 Å². The van der Waals surface area contributed by atoms with Crippen molar-refractivity contribution in [2.45, 2.75) is 38.5 Å². The number of nitrogens with zero attached hydrogens (tertiary/aromatic N) is 2. The number of carbonyl (C=O) groups is 1. The highest BCUT2D eigenvalue weighted by Crippen LogP contribution is 2.49. The molecular weight excluding hydrogens is 282 g/mol. The fraction of sp³-hybridized carbons (Fsp3) is 0.438. The summed E-state index contributed by atoms with van der Waals surface area (Å²) in [6, 6.07) is 9.98. The van der Waals surface area contributed by atoms with Crippen molar-refractivity contribution >= 4 is 22.4 Å². The quantitative estimate of drug-likeness (QED) is 0.920. The molecule has 0 radical (unpaired) electrons. The highest BCUT2D eigenvalue weighted by atomic mass is 32.1. The average molecular weight is 301 g/mol. The Labute approximate surface area is 128 Å². The first-order chi connectivity index (χ1) is 10.1. The predicted molar refractivity (Wildman–Crippen MR) is 84.4 cm³/mol. The van der Waals surface area contributed by atoms with E-state index in [1.165, 1.54) is 11.3 Å². The summed E-state index contributed by atoms with van der Waals surface area (Å²) in [6.07, 6.45) is 2.71. The standard InChI is InChI=1S/C16H19N3OS/c1-11(2)10-13-18-19-15(21-13)17-14(20)16(8-9-16)12-6-4-3-5-7-12/h3-7,11H,8-10H2,1-2H3,(H,17,19,20). The van der Waals surface area contributed by atoms with Crippen molar-refractivity contribution in [2.75, 3.05) is 5.32 Å². The Morgan fingerprint density at radius 3 is 2.62 bits per heavy atom. The third-order valence-electron chi connectivity index (χ3n) is 3.78. The van der Waals surface area contributed by atoms with Crippen LogP contribution in [0.3, 0.4) is 0 Å². The number of carbonyl (C=O) groups excluding carboxylic acids is 1. The number of benzene rings is 1. The molecule has 4 nitrogen and oxygen atoms in total. The molecule has 1 aromatic carbocycles. The van der Waals surface area contributed by atoms with E-state index in [9.17, 15) is 4.79 Å². The predicted octanol–water partition coefficient (Wildman–Crippen LogP) is 3.41. The number of anilines is 1. The van der Waals surface area contributed by atoms with E-state index in [0.717, 1.165) is 29.8 Å². The van der Waals surface area contributed by atoms with E-state index in [1.807, 2.05) is 30.3 Å². The van der Waals surface area contributed by atoms with Gasteiger partial charge in [0.1, 0.15) is 5.01 Å². The molecule has 21 heavy (non-hydrogen) atoms. The van der Waals surface area contributed by atoms with Gasteiger partial charge in [-0.05, 0) is 24.3 Å². The van der Waals surface area contributed by atoms with Crippen molar-refractivity contribution in [1.82, 2.24) is 10.2 Å². The van der Waals surface area contributed by atoms with Crippen LogP contribution in [0.25, 0.3) is 0 Å². The molecular formula is C16H19N3OS. The molecule has 1 fully saturated rings. The summed E-state index contributed by atoms with van der Waals surface area (Å²) in [6.45, 7) is 4.29. The molecule has 0 bridgehead atoms. The van der Waals surface area contributed by atoms with Crippen LogP contribution in [0.1, 0.15) is 37.3 Å². The normalized spacial score (nSPS) is 16.0. The van der Waals surface area contributed by atoms with E-state index in [2.05, 4.69) is 29.4 Å². The topological polar surface area (TPSA) is 54.9 Å². The second-order valence-corrected chi connectivity index (χ2v) is 7.06. The Morgan fingerprint density at radius 2 is 2.00 bits per heavy atom. The number of amides is 1. The van der Waals surface area contributed by atoms with E-state index in [-0.39, 0.29) is 11.3 Å². The summed E-state index contributed by atoms with van der Waals surface area (Å²) in [5.74, 6) is 0.585. The van der Waals surface area contributed by atoms with Crippen LogP contribution in [-0.4, -0.2) is 16.1 Å². The molecule has 1 aromatic heterocycles. The molecule has 3 rings (SSSR count). The maximum atomic E-state index is 12.6. The van der Waals surface area contributed by atoms with Crippen molar-refractivity contribution in [1.29, 1.82) is 0 Å². The van der Waals surface area contributed by atoms with Crippen LogP contribution in [0, 0.1) is 5.92 Å². The minimum Gasteiger partial charge on any atom is -0.300 e. The number of hydrogen-bond donors (Lipinski definition) is 1. The molecule has 2 aromatic rings. The molecule has 0 spiro atoms. The largest absolute Gasteiger partial charge is 0.300 e. The molecule has 1 N–H and O–H groups in total. The molecule has 0 atom stereocenters. The Morgan fingerprint density at radius 1 is 1.29 bits per heavy atom. The van der Waals surface area contributed by atoms with Gasteiger partial charge in [-0.25, -0.2) is 0 Å². The highest BCUT2D eigenvalue weighted by Gasteiger charge is 2.51. The fourth-order valence-electron chi connectivity index (χ4n) is 2.48. The van der Waals surface area contributed by atoms with E-state index in [0.29, 0.717) is 11.0 Å². The first-order valence-electron chi connectivity index (χ1n) is 7.29. The molecule has 0 aliphatic heterocycles.